The second-order valence-electron chi connectivity index (χ2n) is 6.03. The van der Waals surface area contributed by atoms with Gasteiger partial charge in [-0.2, -0.15) is 0 Å². The van der Waals surface area contributed by atoms with E-state index in [1.807, 2.05) is 23.7 Å². The number of nitrogens with one attached hydrogen (secondary N) is 1. The van der Waals surface area contributed by atoms with Crippen LogP contribution in [-0.4, -0.2) is 18.1 Å². The van der Waals surface area contributed by atoms with Crippen molar-refractivity contribution in [3.63, 3.8) is 0 Å². The summed E-state index contributed by atoms with van der Waals surface area (Å²) >= 11 is 1.65. The highest BCUT2D eigenvalue weighted by Gasteiger charge is 2.03. The normalized spacial score (nSPS) is 10.7. The van der Waals surface area contributed by atoms with E-state index in [1.54, 1.807) is 11.3 Å². The van der Waals surface area contributed by atoms with Gasteiger partial charge in [-0.1, -0.05) is 48.5 Å². The number of benzene rings is 2. The molecule has 0 bridgehead atoms. The molecule has 0 saturated heterocycles. The number of hydrogen-bond acceptors (Lipinski definition) is 5. The maximum absolute atomic E-state index is 11.3. The van der Waals surface area contributed by atoms with Crippen LogP contribution in [0, 0.1) is 0 Å². The van der Waals surface area contributed by atoms with Crippen LogP contribution in [0.3, 0.4) is 0 Å². The Labute approximate surface area is 157 Å². The minimum atomic E-state index is -0.172. The van der Waals surface area contributed by atoms with E-state index >= 15 is 0 Å². The number of ether oxygens (including phenoxy) is 1. The summed E-state index contributed by atoms with van der Waals surface area (Å²) in [7, 11) is 1.42. The lowest BCUT2D eigenvalue weighted by molar-refractivity contribution is -0.140. The Bertz CT molecular complexity index is 829. The molecule has 0 amide bonds. The molecule has 26 heavy (non-hydrogen) atoms. The minimum absolute atomic E-state index is 0.172. The number of carbonyl (C=O) groups excluding carboxylic acids is 1. The van der Waals surface area contributed by atoms with Gasteiger partial charge in [-0.25, -0.2) is 4.98 Å². The van der Waals surface area contributed by atoms with E-state index in [0.717, 1.165) is 29.2 Å². The van der Waals surface area contributed by atoms with Crippen molar-refractivity contribution in [3.05, 3.63) is 76.8 Å². The van der Waals surface area contributed by atoms with Crippen molar-refractivity contribution in [1.82, 2.24) is 10.3 Å². The van der Waals surface area contributed by atoms with Crippen LogP contribution in [0.2, 0.25) is 0 Å². The molecule has 0 saturated carbocycles. The van der Waals surface area contributed by atoms with Gasteiger partial charge in [0.25, 0.3) is 0 Å². The van der Waals surface area contributed by atoms with Gasteiger partial charge in [-0.3, -0.25) is 4.79 Å². The third-order valence-electron chi connectivity index (χ3n) is 4.13. The summed E-state index contributed by atoms with van der Waals surface area (Å²) in [5.74, 6) is -0.172. The molecule has 134 valence electrons. The highest BCUT2D eigenvalue weighted by atomic mass is 32.1. The standard InChI is InChI=1S/C21H22N2O2S/c1-25-20(24)10-7-16-3-2-4-18(13-16)15-22-14-17-5-8-19(9-6-17)21-23-11-12-26-21/h2-6,8-9,11-13,22H,7,10,14-15H2,1H3. The van der Waals surface area contributed by atoms with E-state index in [1.165, 1.54) is 18.2 Å². The third-order valence-corrected chi connectivity index (χ3v) is 4.95. The van der Waals surface area contributed by atoms with Crippen LogP contribution in [0.1, 0.15) is 23.1 Å². The van der Waals surface area contributed by atoms with Crippen molar-refractivity contribution < 1.29 is 9.53 Å². The number of aromatic nitrogens is 1. The Morgan fingerprint density at radius 3 is 2.58 bits per heavy atom. The first-order valence-corrected chi connectivity index (χ1v) is 9.47. The van der Waals surface area contributed by atoms with Crippen molar-refractivity contribution in [3.8, 4) is 10.6 Å². The first-order valence-electron chi connectivity index (χ1n) is 8.59. The first-order chi connectivity index (χ1) is 12.7. The van der Waals surface area contributed by atoms with Gasteiger partial charge >= 0.3 is 5.97 Å². The van der Waals surface area contributed by atoms with E-state index < -0.39 is 0 Å². The number of methoxy groups -OCH3 is 1. The van der Waals surface area contributed by atoms with E-state index in [-0.39, 0.29) is 5.97 Å². The summed E-state index contributed by atoms with van der Waals surface area (Å²) in [6.07, 6.45) is 2.95. The summed E-state index contributed by atoms with van der Waals surface area (Å²) in [6, 6.07) is 16.8. The SMILES string of the molecule is COC(=O)CCc1cccc(CNCc2ccc(-c3nccs3)cc2)c1. The molecular formula is C21H22N2O2S. The Balaban J connectivity index is 1.49. The Morgan fingerprint density at radius 2 is 1.85 bits per heavy atom. The molecule has 1 aromatic heterocycles. The van der Waals surface area contributed by atoms with Crippen molar-refractivity contribution in [1.29, 1.82) is 0 Å². The first kappa shape index (κ1) is 18.3. The largest absolute Gasteiger partial charge is 0.469 e. The van der Waals surface area contributed by atoms with Gasteiger partial charge in [-0.15, -0.1) is 11.3 Å². The van der Waals surface area contributed by atoms with E-state index in [9.17, 15) is 4.79 Å². The Kier molecular flexibility index (Phi) is 6.52. The third kappa shape index (κ3) is 5.25. The maximum Gasteiger partial charge on any atom is 0.305 e. The lowest BCUT2D eigenvalue weighted by Gasteiger charge is -2.08. The van der Waals surface area contributed by atoms with Crippen LogP contribution in [0.4, 0.5) is 0 Å². The molecule has 0 aliphatic heterocycles. The topological polar surface area (TPSA) is 51.2 Å². The molecule has 3 rings (SSSR count). The molecule has 0 spiro atoms. The summed E-state index contributed by atoms with van der Waals surface area (Å²) in [5, 5.41) is 6.51. The van der Waals surface area contributed by atoms with E-state index in [0.29, 0.717) is 12.8 Å². The van der Waals surface area contributed by atoms with Crippen molar-refractivity contribution in [2.75, 3.05) is 7.11 Å². The fourth-order valence-corrected chi connectivity index (χ4v) is 3.37. The summed E-state index contributed by atoms with van der Waals surface area (Å²) < 4.78 is 4.69. The average Bonchev–Trinajstić information content (AvgIpc) is 3.22. The van der Waals surface area contributed by atoms with Crippen molar-refractivity contribution in [2.45, 2.75) is 25.9 Å². The van der Waals surface area contributed by atoms with Crippen LogP contribution in [0.5, 0.6) is 0 Å². The summed E-state index contributed by atoms with van der Waals surface area (Å²) in [6.45, 7) is 1.60. The molecule has 0 aliphatic rings. The molecule has 0 unspecified atom stereocenters. The summed E-state index contributed by atoms with van der Waals surface area (Å²) in [5.41, 5.74) is 4.77. The molecule has 3 aromatic rings. The molecule has 0 atom stereocenters. The molecule has 0 radical (unpaired) electrons. The fourth-order valence-electron chi connectivity index (χ4n) is 2.73. The number of aryl methyl sites for hydroxylation is 1. The second kappa shape index (κ2) is 9.27. The second-order valence-corrected chi connectivity index (χ2v) is 6.93. The highest BCUT2D eigenvalue weighted by Crippen LogP contribution is 2.21. The van der Waals surface area contributed by atoms with Gasteiger partial charge in [0.05, 0.1) is 7.11 Å². The highest BCUT2D eigenvalue weighted by molar-refractivity contribution is 7.13. The molecule has 0 aliphatic carbocycles. The van der Waals surface area contributed by atoms with Gasteiger partial charge in [0.2, 0.25) is 0 Å². The fraction of sp³-hybridized carbons (Fsp3) is 0.238. The zero-order chi connectivity index (χ0) is 18.2. The molecule has 2 aromatic carbocycles. The van der Waals surface area contributed by atoms with Crippen LogP contribution < -0.4 is 5.32 Å². The summed E-state index contributed by atoms with van der Waals surface area (Å²) in [4.78, 5) is 15.6. The maximum atomic E-state index is 11.3. The van der Waals surface area contributed by atoms with Crippen LogP contribution in [-0.2, 0) is 29.0 Å². The van der Waals surface area contributed by atoms with Gasteiger partial charge < -0.3 is 10.1 Å². The zero-order valence-electron chi connectivity index (χ0n) is 14.8. The molecule has 1 heterocycles. The minimum Gasteiger partial charge on any atom is -0.469 e. The molecular weight excluding hydrogens is 344 g/mol. The molecule has 5 heteroatoms. The quantitative estimate of drug-likeness (QED) is 0.607. The number of nitrogens with zero attached hydrogens (tertiary/aromatic N) is 1. The van der Waals surface area contributed by atoms with Crippen molar-refractivity contribution in [2.24, 2.45) is 0 Å². The van der Waals surface area contributed by atoms with Gasteiger partial charge in [0.15, 0.2) is 0 Å². The van der Waals surface area contributed by atoms with Crippen LogP contribution in [0.25, 0.3) is 10.6 Å². The monoisotopic (exact) mass is 366 g/mol. The molecule has 1 N–H and O–H groups in total. The predicted molar refractivity (Wildman–Crippen MR) is 105 cm³/mol. The van der Waals surface area contributed by atoms with Crippen molar-refractivity contribution >= 4 is 17.3 Å². The van der Waals surface area contributed by atoms with Crippen LogP contribution >= 0.6 is 11.3 Å². The number of rotatable bonds is 8. The van der Waals surface area contributed by atoms with Crippen LogP contribution in [0.15, 0.2) is 60.1 Å². The lowest BCUT2D eigenvalue weighted by atomic mass is 10.1. The lowest BCUT2D eigenvalue weighted by Crippen LogP contribution is -2.12. The predicted octanol–water partition coefficient (Wildman–Crippen LogP) is 4.21. The molecule has 4 nitrogen and oxygen atoms in total. The van der Waals surface area contributed by atoms with E-state index in [2.05, 4.69) is 46.7 Å². The van der Waals surface area contributed by atoms with Gasteiger partial charge in [-0.05, 0) is 23.1 Å². The zero-order valence-corrected chi connectivity index (χ0v) is 15.6. The number of hydrogen-bond donors (Lipinski definition) is 1. The van der Waals surface area contributed by atoms with Gasteiger partial charge in [0, 0.05) is 36.7 Å². The van der Waals surface area contributed by atoms with Gasteiger partial charge in [0.1, 0.15) is 5.01 Å². The Morgan fingerprint density at radius 1 is 1.08 bits per heavy atom. The number of thiazole rings is 1. The Hall–Kier alpha value is -2.50. The molecule has 0 fully saturated rings. The number of esters is 1. The smallest absolute Gasteiger partial charge is 0.305 e. The number of carbonyl (C=O) groups is 1. The van der Waals surface area contributed by atoms with E-state index in [4.69, 9.17) is 4.74 Å². The average molecular weight is 366 g/mol.